The van der Waals surface area contributed by atoms with E-state index in [4.69, 9.17) is 9.84 Å². The van der Waals surface area contributed by atoms with Gasteiger partial charge in [-0.05, 0) is 37.5 Å². The molecule has 20 heavy (non-hydrogen) atoms. The number of carbonyl (C=O) groups is 1. The Morgan fingerprint density at radius 1 is 1.45 bits per heavy atom. The Bertz CT molecular complexity index is 435. The SMILES string of the molecule is CCN(CCO)C(=O)NCCc1ccc(C)c(OC)c1. The summed E-state index contributed by atoms with van der Waals surface area (Å²) in [6.07, 6.45) is 0.749. The van der Waals surface area contributed by atoms with Crippen LogP contribution < -0.4 is 10.1 Å². The number of aliphatic hydroxyl groups is 1. The van der Waals surface area contributed by atoms with Crippen molar-refractivity contribution in [2.45, 2.75) is 20.3 Å². The van der Waals surface area contributed by atoms with Crippen molar-refractivity contribution in [1.82, 2.24) is 10.2 Å². The number of ether oxygens (including phenoxy) is 1. The van der Waals surface area contributed by atoms with Gasteiger partial charge in [0.05, 0.1) is 13.7 Å². The molecule has 0 aliphatic rings. The van der Waals surface area contributed by atoms with Crippen LogP contribution in [0.1, 0.15) is 18.1 Å². The van der Waals surface area contributed by atoms with E-state index in [9.17, 15) is 4.79 Å². The van der Waals surface area contributed by atoms with Crippen LogP contribution in [-0.4, -0.2) is 49.4 Å². The van der Waals surface area contributed by atoms with E-state index in [0.717, 1.165) is 23.3 Å². The maximum Gasteiger partial charge on any atom is 0.317 e. The lowest BCUT2D eigenvalue weighted by molar-refractivity contribution is 0.180. The summed E-state index contributed by atoms with van der Waals surface area (Å²) in [5, 5.41) is 11.7. The summed E-state index contributed by atoms with van der Waals surface area (Å²) in [5.74, 6) is 0.865. The van der Waals surface area contributed by atoms with Gasteiger partial charge in [-0.1, -0.05) is 12.1 Å². The van der Waals surface area contributed by atoms with E-state index in [0.29, 0.717) is 19.6 Å². The van der Waals surface area contributed by atoms with Crippen LogP contribution in [-0.2, 0) is 6.42 Å². The van der Waals surface area contributed by atoms with Gasteiger partial charge in [0.2, 0.25) is 0 Å². The highest BCUT2D eigenvalue weighted by Crippen LogP contribution is 2.18. The summed E-state index contributed by atoms with van der Waals surface area (Å²) < 4.78 is 5.28. The average Bonchev–Trinajstić information content (AvgIpc) is 2.46. The second kappa shape index (κ2) is 8.43. The number of hydrogen-bond acceptors (Lipinski definition) is 3. The first-order chi connectivity index (χ1) is 9.62. The molecule has 5 nitrogen and oxygen atoms in total. The third-order valence-corrected chi connectivity index (χ3v) is 3.20. The first-order valence-electron chi connectivity index (χ1n) is 6.89. The van der Waals surface area contributed by atoms with Crippen molar-refractivity contribution in [2.75, 3.05) is 33.4 Å². The normalized spacial score (nSPS) is 10.2. The van der Waals surface area contributed by atoms with E-state index in [1.807, 2.05) is 32.0 Å². The molecule has 112 valence electrons. The fraction of sp³-hybridized carbons (Fsp3) is 0.533. The van der Waals surface area contributed by atoms with Crippen LogP contribution in [0.3, 0.4) is 0 Å². The molecule has 0 bridgehead atoms. The number of urea groups is 1. The molecule has 5 heteroatoms. The number of likely N-dealkylation sites (N-methyl/N-ethyl adjacent to an activating group) is 1. The lowest BCUT2D eigenvalue weighted by Crippen LogP contribution is -2.42. The summed E-state index contributed by atoms with van der Waals surface area (Å²) in [7, 11) is 1.65. The molecule has 0 aliphatic heterocycles. The molecule has 1 rings (SSSR count). The van der Waals surface area contributed by atoms with Crippen molar-refractivity contribution >= 4 is 6.03 Å². The number of amides is 2. The van der Waals surface area contributed by atoms with E-state index in [1.165, 1.54) is 0 Å². The molecule has 1 aromatic rings. The number of nitrogens with zero attached hydrogens (tertiary/aromatic N) is 1. The van der Waals surface area contributed by atoms with Crippen molar-refractivity contribution in [2.24, 2.45) is 0 Å². The lowest BCUT2D eigenvalue weighted by Gasteiger charge is -2.20. The maximum absolute atomic E-state index is 11.8. The topological polar surface area (TPSA) is 61.8 Å². The molecule has 2 amide bonds. The van der Waals surface area contributed by atoms with Gasteiger partial charge in [0, 0.05) is 19.6 Å². The fourth-order valence-electron chi connectivity index (χ4n) is 1.97. The highest BCUT2D eigenvalue weighted by molar-refractivity contribution is 5.74. The molecule has 0 saturated carbocycles. The summed E-state index contributed by atoms with van der Waals surface area (Å²) >= 11 is 0. The lowest BCUT2D eigenvalue weighted by atomic mass is 10.1. The zero-order valence-corrected chi connectivity index (χ0v) is 12.5. The molecular weight excluding hydrogens is 256 g/mol. The van der Waals surface area contributed by atoms with Gasteiger partial charge in [0.1, 0.15) is 5.75 Å². The monoisotopic (exact) mass is 280 g/mol. The Kier molecular flexibility index (Phi) is 6.87. The minimum atomic E-state index is -0.138. The van der Waals surface area contributed by atoms with Crippen molar-refractivity contribution in [3.63, 3.8) is 0 Å². The Morgan fingerprint density at radius 2 is 2.20 bits per heavy atom. The molecule has 0 saturated heterocycles. The van der Waals surface area contributed by atoms with E-state index in [-0.39, 0.29) is 12.6 Å². The zero-order chi connectivity index (χ0) is 15.0. The number of nitrogens with one attached hydrogen (secondary N) is 1. The van der Waals surface area contributed by atoms with E-state index >= 15 is 0 Å². The van der Waals surface area contributed by atoms with Crippen molar-refractivity contribution in [1.29, 1.82) is 0 Å². The predicted molar refractivity (Wildman–Crippen MR) is 79.2 cm³/mol. The van der Waals surface area contributed by atoms with Crippen LogP contribution in [0, 0.1) is 6.92 Å². The molecule has 0 heterocycles. The van der Waals surface area contributed by atoms with Crippen LogP contribution in [0.2, 0.25) is 0 Å². The second-order valence-corrected chi connectivity index (χ2v) is 4.59. The Balaban J connectivity index is 2.46. The Hall–Kier alpha value is -1.75. The van der Waals surface area contributed by atoms with E-state index in [1.54, 1.807) is 12.0 Å². The van der Waals surface area contributed by atoms with Crippen LogP contribution in [0.15, 0.2) is 18.2 Å². The van der Waals surface area contributed by atoms with Gasteiger partial charge < -0.3 is 20.1 Å². The quantitative estimate of drug-likeness (QED) is 0.797. The van der Waals surface area contributed by atoms with Crippen molar-refractivity contribution in [3.05, 3.63) is 29.3 Å². The number of hydrogen-bond donors (Lipinski definition) is 2. The molecule has 2 N–H and O–H groups in total. The molecule has 0 unspecified atom stereocenters. The largest absolute Gasteiger partial charge is 0.496 e. The molecule has 1 aromatic carbocycles. The third kappa shape index (κ3) is 4.74. The van der Waals surface area contributed by atoms with Gasteiger partial charge in [-0.15, -0.1) is 0 Å². The van der Waals surface area contributed by atoms with Crippen molar-refractivity contribution in [3.8, 4) is 5.75 Å². The number of aryl methyl sites for hydroxylation is 1. The molecule has 0 aliphatic carbocycles. The summed E-state index contributed by atoms with van der Waals surface area (Å²) in [6, 6.07) is 5.91. The molecular formula is C15H24N2O3. The minimum Gasteiger partial charge on any atom is -0.496 e. The van der Waals surface area contributed by atoms with Crippen molar-refractivity contribution < 1.29 is 14.6 Å². The first-order valence-corrected chi connectivity index (χ1v) is 6.89. The maximum atomic E-state index is 11.8. The summed E-state index contributed by atoms with van der Waals surface area (Å²) in [5.41, 5.74) is 2.22. The molecule has 0 spiro atoms. The Labute approximate surface area is 120 Å². The smallest absolute Gasteiger partial charge is 0.317 e. The van der Waals surface area contributed by atoms with Gasteiger partial charge >= 0.3 is 6.03 Å². The summed E-state index contributed by atoms with van der Waals surface area (Å²) in [6.45, 7) is 5.38. The van der Waals surface area contributed by atoms with E-state index in [2.05, 4.69) is 5.32 Å². The van der Waals surface area contributed by atoms with Crippen LogP contribution >= 0.6 is 0 Å². The van der Waals surface area contributed by atoms with Gasteiger partial charge in [0.25, 0.3) is 0 Å². The highest BCUT2D eigenvalue weighted by atomic mass is 16.5. The molecule has 0 radical (unpaired) electrons. The second-order valence-electron chi connectivity index (χ2n) is 4.59. The standard InChI is InChI=1S/C15H24N2O3/c1-4-17(9-10-18)15(19)16-8-7-13-6-5-12(2)14(11-13)20-3/h5-6,11,18H,4,7-10H2,1-3H3,(H,16,19). The van der Waals surface area contributed by atoms with Gasteiger partial charge in [-0.3, -0.25) is 0 Å². The van der Waals surface area contributed by atoms with Gasteiger partial charge in [0.15, 0.2) is 0 Å². The fourth-order valence-corrected chi connectivity index (χ4v) is 1.97. The number of carbonyl (C=O) groups excluding carboxylic acids is 1. The van der Waals surface area contributed by atoms with E-state index < -0.39 is 0 Å². The van der Waals surface area contributed by atoms with Gasteiger partial charge in [-0.25, -0.2) is 4.79 Å². The number of methoxy groups -OCH3 is 1. The molecule has 0 aromatic heterocycles. The number of rotatable bonds is 7. The average molecular weight is 280 g/mol. The van der Waals surface area contributed by atoms with Crippen LogP contribution in [0.25, 0.3) is 0 Å². The highest BCUT2D eigenvalue weighted by Gasteiger charge is 2.09. The summed E-state index contributed by atoms with van der Waals surface area (Å²) in [4.78, 5) is 13.4. The molecule has 0 fully saturated rings. The first kappa shape index (κ1) is 16.3. The zero-order valence-electron chi connectivity index (χ0n) is 12.5. The Morgan fingerprint density at radius 3 is 2.80 bits per heavy atom. The van der Waals surface area contributed by atoms with Gasteiger partial charge in [-0.2, -0.15) is 0 Å². The van der Waals surface area contributed by atoms with Crippen LogP contribution in [0.4, 0.5) is 4.79 Å². The molecule has 0 atom stereocenters. The van der Waals surface area contributed by atoms with Crippen LogP contribution in [0.5, 0.6) is 5.75 Å². The third-order valence-electron chi connectivity index (χ3n) is 3.20. The number of benzene rings is 1. The minimum absolute atomic E-state index is 0.0174. The number of aliphatic hydroxyl groups excluding tert-OH is 1. The predicted octanol–water partition coefficient (Wildman–Crippen LogP) is 1.57.